The second-order valence-corrected chi connectivity index (χ2v) is 15.6. The Morgan fingerprint density at radius 3 is 1.48 bits per heavy atom. The molecule has 0 amide bonds. The SMILES string of the molecule is Cc1ccc(C2(c3ccc(C)cc3)c3ccccc3-c3cc(N(c4ccc(C)c(N(c5ccccc5)c5ccccc5)c4)c4ccc5ccccc5c4)ccc32)cc1. The molecule has 0 unspecified atom stereocenters. The first-order valence-corrected chi connectivity index (χ1v) is 20.2. The van der Waals surface area contributed by atoms with Crippen LogP contribution >= 0.6 is 0 Å². The predicted octanol–water partition coefficient (Wildman–Crippen LogP) is 15.1. The van der Waals surface area contributed by atoms with Gasteiger partial charge in [-0.05, 0) is 131 Å². The first kappa shape index (κ1) is 35.3. The number of hydrogen-bond donors (Lipinski definition) is 0. The van der Waals surface area contributed by atoms with E-state index in [-0.39, 0.29) is 0 Å². The molecule has 0 N–H and O–H groups in total. The highest BCUT2D eigenvalue weighted by Gasteiger charge is 2.46. The third kappa shape index (κ3) is 5.88. The molecule has 1 aliphatic carbocycles. The summed E-state index contributed by atoms with van der Waals surface area (Å²) in [5.41, 5.74) is 17.6. The van der Waals surface area contributed by atoms with Gasteiger partial charge in [0.2, 0.25) is 0 Å². The van der Waals surface area contributed by atoms with Crippen molar-refractivity contribution in [2.75, 3.05) is 9.80 Å². The zero-order valence-electron chi connectivity index (χ0n) is 33.1. The van der Waals surface area contributed by atoms with Crippen LogP contribution in [-0.2, 0) is 5.41 Å². The zero-order valence-corrected chi connectivity index (χ0v) is 33.1. The summed E-state index contributed by atoms with van der Waals surface area (Å²) >= 11 is 0. The van der Waals surface area contributed by atoms with E-state index < -0.39 is 5.41 Å². The van der Waals surface area contributed by atoms with Crippen molar-refractivity contribution < 1.29 is 0 Å². The summed E-state index contributed by atoms with van der Waals surface area (Å²) in [6.07, 6.45) is 0. The van der Waals surface area contributed by atoms with Crippen LogP contribution in [0.15, 0.2) is 212 Å². The summed E-state index contributed by atoms with van der Waals surface area (Å²) in [6.45, 7) is 6.55. The third-order valence-electron chi connectivity index (χ3n) is 12.0. The molecule has 278 valence electrons. The maximum atomic E-state index is 2.43. The van der Waals surface area contributed by atoms with Gasteiger partial charge in [0.1, 0.15) is 0 Å². The molecule has 58 heavy (non-hydrogen) atoms. The van der Waals surface area contributed by atoms with E-state index >= 15 is 0 Å². The van der Waals surface area contributed by atoms with Gasteiger partial charge < -0.3 is 9.80 Å². The van der Waals surface area contributed by atoms with E-state index in [0.29, 0.717) is 0 Å². The quantitative estimate of drug-likeness (QED) is 0.153. The molecule has 0 aromatic heterocycles. The number of benzene rings is 9. The largest absolute Gasteiger partial charge is 0.310 e. The van der Waals surface area contributed by atoms with E-state index in [1.54, 1.807) is 0 Å². The van der Waals surface area contributed by atoms with Gasteiger partial charge in [0.25, 0.3) is 0 Å². The highest BCUT2D eigenvalue weighted by atomic mass is 15.2. The van der Waals surface area contributed by atoms with Gasteiger partial charge >= 0.3 is 0 Å². The fourth-order valence-corrected chi connectivity index (χ4v) is 9.13. The Labute approximate surface area is 341 Å². The number of aryl methyl sites for hydroxylation is 3. The van der Waals surface area contributed by atoms with Crippen LogP contribution in [0.3, 0.4) is 0 Å². The van der Waals surface area contributed by atoms with E-state index in [2.05, 4.69) is 243 Å². The van der Waals surface area contributed by atoms with Crippen molar-refractivity contribution in [3.05, 3.63) is 251 Å². The van der Waals surface area contributed by atoms with Crippen LogP contribution in [0.25, 0.3) is 21.9 Å². The molecule has 1 aliphatic rings. The Balaban J connectivity index is 1.21. The second kappa shape index (κ2) is 14.4. The Kier molecular flexibility index (Phi) is 8.76. The van der Waals surface area contributed by atoms with Crippen molar-refractivity contribution in [3.63, 3.8) is 0 Å². The van der Waals surface area contributed by atoms with Gasteiger partial charge in [0.05, 0.1) is 11.1 Å². The van der Waals surface area contributed by atoms with Crippen LogP contribution in [0.1, 0.15) is 38.9 Å². The number of hydrogen-bond acceptors (Lipinski definition) is 2. The molecule has 9 aromatic carbocycles. The molecule has 2 nitrogen and oxygen atoms in total. The average Bonchev–Trinajstić information content (AvgIpc) is 3.56. The lowest BCUT2D eigenvalue weighted by molar-refractivity contribution is 0.767. The summed E-state index contributed by atoms with van der Waals surface area (Å²) in [7, 11) is 0. The molecule has 0 aliphatic heterocycles. The van der Waals surface area contributed by atoms with E-state index in [1.165, 1.54) is 60.8 Å². The van der Waals surface area contributed by atoms with Crippen molar-refractivity contribution in [2.45, 2.75) is 26.2 Å². The molecule has 0 fully saturated rings. The lowest BCUT2D eigenvalue weighted by Gasteiger charge is -2.34. The lowest BCUT2D eigenvalue weighted by Crippen LogP contribution is -2.28. The summed E-state index contributed by atoms with van der Waals surface area (Å²) < 4.78 is 0. The van der Waals surface area contributed by atoms with Crippen molar-refractivity contribution in [1.29, 1.82) is 0 Å². The van der Waals surface area contributed by atoms with Crippen molar-refractivity contribution in [2.24, 2.45) is 0 Å². The van der Waals surface area contributed by atoms with Gasteiger partial charge in [-0.25, -0.2) is 0 Å². The third-order valence-corrected chi connectivity index (χ3v) is 12.0. The molecule has 10 rings (SSSR count). The molecular weight excluding hydrogens is 701 g/mol. The summed E-state index contributed by atoms with van der Waals surface area (Å²) in [6, 6.07) is 78.2. The van der Waals surface area contributed by atoms with Crippen LogP contribution in [0.5, 0.6) is 0 Å². The Hall–Kier alpha value is -7.16. The van der Waals surface area contributed by atoms with Gasteiger partial charge in [-0.15, -0.1) is 0 Å². The highest BCUT2D eigenvalue weighted by molar-refractivity contribution is 5.93. The van der Waals surface area contributed by atoms with Crippen molar-refractivity contribution in [3.8, 4) is 11.1 Å². The predicted molar refractivity (Wildman–Crippen MR) is 245 cm³/mol. The first-order chi connectivity index (χ1) is 28.5. The number of nitrogens with zero attached hydrogens (tertiary/aromatic N) is 2. The number of rotatable bonds is 8. The molecule has 0 saturated carbocycles. The molecule has 0 saturated heterocycles. The minimum Gasteiger partial charge on any atom is -0.310 e. The number of para-hydroxylation sites is 2. The van der Waals surface area contributed by atoms with Crippen LogP contribution in [-0.4, -0.2) is 0 Å². The fourth-order valence-electron chi connectivity index (χ4n) is 9.13. The van der Waals surface area contributed by atoms with Crippen LogP contribution < -0.4 is 9.80 Å². The monoisotopic (exact) mass is 744 g/mol. The first-order valence-electron chi connectivity index (χ1n) is 20.2. The minimum absolute atomic E-state index is 0.470. The van der Waals surface area contributed by atoms with Crippen LogP contribution in [0.4, 0.5) is 34.1 Å². The maximum Gasteiger partial charge on any atom is 0.0713 e. The van der Waals surface area contributed by atoms with E-state index in [4.69, 9.17) is 0 Å². The van der Waals surface area contributed by atoms with E-state index in [0.717, 1.165) is 34.1 Å². The standard InChI is InChI=1S/C56H44N2/c1-39-22-28-44(29-23-39)56(45-30-24-40(2)25-31-45)53-21-13-12-20-51(53)52-37-49(34-35-54(52)56)57(48-33-27-42-14-10-11-15-43(42)36-48)50-32-26-41(3)55(38-50)58(46-16-6-4-7-17-46)47-18-8-5-9-19-47/h4-38H,1-3H3. The lowest BCUT2D eigenvalue weighted by atomic mass is 9.67. The smallest absolute Gasteiger partial charge is 0.0713 e. The zero-order chi connectivity index (χ0) is 39.2. The minimum atomic E-state index is -0.470. The fraction of sp³-hybridized carbons (Fsp3) is 0.0714. The van der Waals surface area contributed by atoms with Gasteiger partial charge in [-0.1, -0.05) is 163 Å². The Morgan fingerprint density at radius 1 is 0.328 bits per heavy atom. The van der Waals surface area contributed by atoms with E-state index in [1.807, 2.05) is 0 Å². The normalized spacial score (nSPS) is 12.5. The molecule has 0 heterocycles. The van der Waals surface area contributed by atoms with Gasteiger partial charge in [-0.2, -0.15) is 0 Å². The topological polar surface area (TPSA) is 6.48 Å². The number of fused-ring (bicyclic) bond motifs is 4. The molecule has 0 radical (unpaired) electrons. The van der Waals surface area contributed by atoms with Gasteiger partial charge in [0.15, 0.2) is 0 Å². The van der Waals surface area contributed by atoms with Gasteiger partial charge in [-0.3, -0.25) is 0 Å². The molecule has 9 aromatic rings. The summed E-state index contributed by atoms with van der Waals surface area (Å²) in [5, 5.41) is 2.43. The molecule has 0 atom stereocenters. The second-order valence-electron chi connectivity index (χ2n) is 15.6. The van der Waals surface area contributed by atoms with E-state index in [9.17, 15) is 0 Å². The Bertz CT molecular complexity index is 2830. The van der Waals surface area contributed by atoms with Crippen LogP contribution in [0.2, 0.25) is 0 Å². The van der Waals surface area contributed by atoms with Crippen molar-refractivity contribution >= 4 is 44.9 Å². The van der Waals surface area contributed by atoms with Crippen LogP contribution in [0, 0.1) is 20.8 Å². The highest BCUT2D eigenvalue weighted by Crippen LogP contribution is 2.57. The Morgan fingerprint density at radius 2 is 0.828 bits per heavy atom. The molecule has 2 heteroatoms. The summed E-state index contributed by atoms with van der Waals surface area (Å²) in [5.74, 6) is 0. The summed E-state index contributed by atoms with van der Waals surface area (Å²) in [4.78, 5) is 4.80. The number of anilines is 6. The molecule has 0 bridgehead atoms. The average molecular weight is 745 g/mol. The maximum absolute atomic E-state index is 2.43. The molecular formula is C56H44N2. The van der Waals surface area contributed by atoms with Gasteiger partial charge in [0, 0.05) is 28.4 Å². The van der Waals surface area contributed by atoms with Crippen molar-refractivity contribution in [1.82, 2.24) is 0 Å². The molecule has 0 spiro atoms.